The highest BCUT2D eigenvalue weighted by Gasteiger charge is 2.17. The molecule has 1 unspecified atom stereocenters. The van der Waals surface area contributed by atoms with E-state index in [2.05, 4.69) is 15.4 Å². The van der Waals surface area contributed by atoms with Crippen LogP contribution in [-0.4, -0.2) is 43.7 Å². The van der Waals surface area contributed by atoms with Crippen LogP contribution in [0.3, 0.4) is 0 Å². The van der Waals surface area contributed by atoms with Gasteiger partial charge in [0, 0.05) is 6.54 Å². The topological polar surface area (TPSA) is 91.2 Å². The largest absolute Gasteiger partial charge is 0.453 e. The molecule has 0 heterocycles. The summed E-state index contributed by atoms with van der Waals surface area (Å²) in [6, 6.07) is 1.80. The average molecular weight is 231 g/mol. The monoisotopic (exact) mass is 231 g/mol. The Hall–Kier alpha value is -1.42. The molecule has 0 aromatic carbocycles. The van der Waals surface area contributed by atoms with Crippen molar-refractivity contribution in [1.29, 1.82) is 5.26 Å². The van der Waals surface area contributed by atoms with Gasteiger partial charge >= 0.3 is 6.09 Å². The lowest BCUT2D eigenvalue weighted by Gasteiger charge is -2.13. The van der Waals surface area contributed by atoms with Crippen LogP contribution in [0.4, 0.5) is 4.79 Å². The molecule has 0 fully saturated rings. The number of nitrogens with zero attached hydrogens (tertiary/aromatic N) is 1. The SMILES string of the molecule is COC(=O)NCC(SC)C(=O)NCC#N. The molecule has 0 saturated heterocycles. The second-order valence-corrected chi connectivity index (χ2v) is 3.51. The first-order chi connectivity index (χ1) is 7.15. The molecule has 0 saturated carbocycles. The van der Waals surface area contributed by atoms with E-state index in [4.69, 9.17) is 5.26 Å². The Morgan fingerprint density at radius 2 is 2.20 bits per heavy atom. The molecule has 7 heteroatoms. The van der Waals surface area contributed by atoms with E-state index < -0.39 is 11.3 Å². The fraction of sp³-hybridized carbons (Fsp3) is 0.625. The average Bonchev–Trinajstić information content (AvgIpc) is 2.26. The van der Waals surface area contributed by atoms with Gasteiger partial charge in [0.2, 0.25) is 5.91 Å². The van der Waals surface area contributed by atoms with Gasteiger partial charge in [-0.3, -0.25) is 4.79 Å². The first-order valence-electron chi connectivity index (χ1n) is 4.15. The van der Waals surface area contributed by atoms with Crippen LogP contribution in [0, 0.1) is 11.3 Å². The molecule has 0 aliphatic heterocycles. The quantitative estimate of drug-likeness (QED) is 0.635. The number of amides is 2. The number of ether oxygens (including phenoxy) is 1. The van der Waals surface area contributed by atoms with Crippen LogP contribution in [0.5, 0.6) is 0 Å². The minimum Gasteiger partial charge on any atom is -0.453 e. The molecular weight excluding hydrogens is 218 g/mol. The predicted molar refractivity (Wildman–Crippen MR) is 56.3 cm³/mol. The fourth-order valence-corrected chi connectivity index (χ4v) is 1.32. The van der Waals surface area contributed by atoms with E-state index in [1.807, 2.05) is 0 Å². The van der Waals surface area contributed by atoms with Gasteiger partial charge in [-0.05, 0) is 6.26 Å². The van der Waals surface area contributed by atoms with Crippen molar-refractivity contribution < 1.29 is 14.3 Å². The Bertz CT molecular complexity index is 264. The predicted octanol–water partition coefficient (Wildman–Crippen LogP) is -0.286. The lowest BCUT2D eigenvalue weighted by molar-refractivity contribution is -0.120. The standard InChI is InChI=1S/C8H13N3O3S/c1-14-8(13)11-5-6(15-2)7(12)10-4-3-9/h6H,4-5H2,1-2H3,(H,10,12)(H,11,13). The van der Waals surface area contributed by atoms with E-state index in [1.54, 1.807) is 12.3 Å². The molecule has 6 nitrogen and oxygen atoms in total. The van der Waals surface area contributed by atoms with E-state index in [0.717, 1.165) is 0 Å². The summed E-state index contributed by atoms with van der Waals surface area (Å²) >= 11 is 1.29. The first-order valence-corrected chi connectivity index (χ1v) is 5.43. The molecule has 0 bridgehead atoms. The summed E-state index contributed by atoms with van der Waals surface area (Å²) in [6.45, 7) is 0.138. The minimum absolute atomic E-state index is 0.0336. The summed E-state index contributed by atoms with van der Waals surface area (Å²) in [6.07, 6.45) is 1.16. The highest BCUT2D eigenvalue weighted by Crippen LogP contribution is 2.04. The third-order valence-electron chi connectivity index (χ3n) is 1.54. The van der Waals surface area contributed by atoms with Gasteiger partial charge in [-0.25, -0.2) is 4.79 Å². The number of rotatable bonds is 5. The summed E-state index contributed by atoms with van der Waals surface area (Å²) in [5, 5.41) is 12.7. The molecule has 0 aliphatic rings. The molecule has 0 rings (SSSR count). The normalized spacial score (nSPS) is 11.0. The van der Waals surface area contributed by atoms with E-state index in [9.17, 15) is 9.59 Å². The van der Waals surface area contributed by atoms with Crippen LogP contribution < -0.4 is 10.6 Å². The Kier molecular flexibility index (Phi) is 7.18. The van der Waals surface area contributed by atoms with Crippen LogP contribution in [0.15, 0.2) is 0 Å². The van der Waals surface area contributed by atoms with E-state index in [-0.39, 0.29) is 19.0 Å². The van der Waals surface area contributed by atoms with Crippen LogP contribution >= 0.6 is 11.8 Å². The van der Waals surface area contributed by atoms with E-state index in [0.29, 0.717) is 0 Å². The maximum Gasteiger partial charge on any atom is 0.406 e. The number of hydrogen-bond donors (Lipinski definition) is 2. The first kappa shape index (κ1) is 13.6. The third kappa shape index (κ3) is 5.80. The Morgan fingerprint density at radius 3 is 2.67 bits per heavy atom. The maximum atomic E-state index is 11.4. The molecule has 0 aromatic heterocycles. The van der Waals surface area contributed by atoms with Crippen LogP contribution in [-0.2, 0) is 9.53 Å². The molecule has 1 atom stereocenters. The maximum absolute atomic E-state index is 11.4. The number of alkyl carbamates (subject to hydrolysis) is 1. The highest BCUT2D eigenvalue weighted by molar-refractivity contribution is 7.99. The fourth-order valence-electron chi connectivity index (χ4n) is 0.772. The lowest BCUT2D eigenvalue weighted by Crippen LogP contribution is -2.40. The zero-order chi connectivity index (χ0) is 11.7. The van der Waals surface area contributed by atoms with Gasteiger partial charge in [-0.2, -0.15) is 17.0 Å². The molecule has 2 N–H and O–H groups in total. The van der Waals surface area contributed by atoms with Crippen LogP contribution in [0.25, 0.3) is 0 Å². The number of carbonyl (C=O) groups is 2. The van der Waals surface area contributed by atoms with Crippen molar-refractivity contribution in [3.05, 3.63) is 0 Å². The summed E-state index contributed by atoms with van der Waals surface area (Å²) < 4.78 is 4.36. The van der Waals surface area contributed by atoms with Crippen molar-refractivity contribution in [1.82, 2.24) is 10.6 Å². The zero-order valence-corrected chi connectivity index (χ0v) is 9.39. The Balaban J connectivity index is 3.96. The van der Waals surface area contributed by atoms with Crippen LogP contribution in [0.1, 0.15) is 0 Å². The van der Waals surface area contributed by atoms with Crippen molar-refractivity contribution in [2.45, 2.75) is 5.25 Å². The molecule has 0 aliphatic carbocycles. The van der Waals surface area contributed by atoms with Gasteiger partial charge in [0.25, 0.3) is 0 Å². The van der Waals surface area contributed by atoms with Crippen LogP contribution in [0.2, 0.25) is 0 Å². The number of carbonyl (C=O) groups excluding carboxylic acids is 2. The van der Waals surface area contributed by atoms with Crippen molar-refractivity contribution in [2.24, 2.45) is 0 Å². The molecule has 0 radical (unpaired) electrons. The molecule has 0 spiro atoms. The number of thioether (sulfide) groups is 1. The van der Waals surface area contributed by atoms with Gasteiger partial charge < -0.3 is 15.4 Å². The molecule has 2 amide bonds. The van der Waals surface area contributed by atoms with Crippen molar-refractivity contribution in [2.75, 3.05) is 26.5 Å². The molecule has 15 heavy (non-hydrogen) atoms. The molecule has 84 valence electrons. The van der Waals surface area contributed by atoms with E-state index >= 15 is 0 Å². The summed E-state index contributed by atoms with van der Waals surface area (Å²) in [7, 11) is 1.25. The van der Waals surface area contributed by atoms with Gasteiger partial charge in [0.15, 0.2) is 0 Å². The van der Waals surface area contributed by atoms with Gasteiger partial charge in [-0.1, -0.05) is 0 Å². The van der Waals surface area contributed by atoms with Gasteiger partial charge in [-0.15, -0.1) is 0 Å². The second-order valence-electron chi connectivity index (χ2n) is 2.47. The summed E-state index contributed by atoms with van der Waals surface area (Å²) in [4.78, 5) is 22.1. The second kappa shape index (κ2) is 7.94. The van der Waals surface area contributed by atoms with Gasteiger partial charge in [0.1, 0.15) is 11.8 Å². The smallest absolute Gasteiger partial charge is 0.406 e. The van der Waals surface area contributed by atoms with Crippen molar-refractivity contribution >= 4 is 23.8 Å². The minimum atomic E-state index is -0.581. The zero-order valence-electron chi connectivity index (χ0n) is 8.57. The molecule has 0 aromatic rings. The summed E-state index contributed by atoms with van der Waals surface area (Å²) in [5.41, 5.74) is 0. The third-order valence-corrected chi connectivity index (χ3v) is 2.49. The van der Waals surface area contributed by atoms with E-state index in [1.165, 1.54) is 18.9 Å². The number of methoxy groups -OCH3 is 1. The highest BCUT2D eigenvalue weighted by atomic mass is 32.2. The lowest BCUT2D eigenvalue weighted by atomic mass is 10.4. The number of nitriles is 1. The molecular formula is C8H13N3O3S. The Morgan fingerprint density at radius 1 is 1.53 bits per heavy atom. The number of nitrogens with one attached hydrogen (secondary N) is 2. The number of hydrogen-bond acceptors (Lipinski definition) is 5. The van der Waals surface area contributed by atoms with Crippen molar-refractivity contribution in [3.8, 4) is 6.07 Å². The van der Waals surface area contributed by atoms with Crippen molar-refractivity contribution in [3.63, 3.8) is 0 Å². The van der Waals surface area contributed by atoms with Gasteiger partial charge in [0.05, 0.1) is 13.2 Å². The Labute approximate surface area is 92.3 Å². The summed E-state index contributed by atoms with van der Waals surface area (Å²) in [5.74, 6) is -0.277.